The van der Waals surface area contributed by atoms with Crippen molar-refractivity contribution in [3.8, 4) is 0 Å². The molecule has 5 nitrogen and oxygen atoms in total. The van der Waals surface area contributed by atoms with Crippen LogP contribution in [0.2, 0.25) is 0 Å². The summed E-state index contributed by atoms with van der Waals surface area (Å²) in [5.74, 6) is 0.420. The normalized spacial score (nSPS) is 13.4. The fourth-order valence-electron chi connectivity index (χ4n) is 3.15. The minimum atomic E-state index is -0.221. The molecule has 3 aromatic rings. The molecule has 2 aromatic carbocycles. The monoisotopic (exact) mass is 331 g/mol. The van der Waals surface area contributed by atoms with E-state index in [0.717, 1.165) is 12.4 Å². The number of nitrogens with zero attached hydrogens (tertiary/aromatic N) is 3. The molecule has 0 radical (unpaired) electrons. The Kier molecular flexibility index (Phi) is 3.90. The van der Waals surface area contributed by atoms with E-state index in [2.05, 4.69) is 17.1 Å². The second-order valence-corrected chi connectivity index (χ2v) is 6.01. The Hall–Kier alpha value is -3.21. The molecular weight excluding hydrogens is 314 g/mol. The van der Waals surface area contributed by atoms with Crippen LogP contribution in [0.4, 0.5) is 0 Å². The first-order valence-electron chi connectivity index (χ1n) is 8.23. The topological polar surface area (TPSA) is 55.2 Å². The predicted molar refractivity (Wildman–Crippen MR) is 93.3 cm³/mol. The Balaban J connectivity index is 1.47. The van der Waals surface area contributed by atoms with E-state index < -0.39 is 0 Å². The van der Waals surface area contributed by atoms with Crippen LogP contribution in [0.5, 0.6) is 0 Å². The summed E-state index contributed by atoms with van der Waals surface area (Å²) in [5.41, 5.74) is 2.16. The highest BCUT2D eigenvalue weighted by molar-refractivity contribution is 6.21. The fourth-order valence-corrected chi connectivity index (χ4v) is 3.15. The van der Waals surface area contributed by atoms with Crippen molar-refractivity contribution in [2.45, 2.75) is 13.0 Å². The van der Waals surface area contributed by atoms with Crippen LogP contribution in [0.3, 0.4) is 0 Å². The van der Waals surface area contributed by atoms with Crippen molar-refractivity contribution >= 4 is 11.8 Å². The van der Waals surface area contributed by atoms with E-state index in [0.29, 0.717) is 24.1 Å². The second-order valence-electron chi connectivity index (χ2n) is 6.01. The third kappa shape index (κ3) is 2.85. The number of benzene rings is 2. The maximum atomic E-state index is 12.4. The van der Waals surface area contributed by atoms with Gasteiger partial charge in [0.2, 0.25) is 0 Å². The smallest absolute Gasteiger partial charge is 0.261 e. The number of hydrogen-bond donors (Lipinski definition) is 0. The predicted octanol–water partition coefficient (Wildman–Crippen LogP) is 2.77. The Morgan fingerprint density at radius 3 is 2.16 bits per heavy atom. The molecule has 0 atom stereocenters. The summed E-state index contributed by atoms with van der Waals surface area (Å²) in [4.78, 5) is 30.5. The second kappa shape index (κ2) is 6.36. The quantitative estimate of drug-likeness (QED) is 0.676. The van der Waals surface area contributed by atoms with Crippen LogP contribution >= 0.6 is 0 Å². The lowest BCUT2D eigenvalue weighted by molar-refractivity contribution is 0.0655. The van der Waals surface area contributed by atoms with Gasteiger partial charge in [-0.2, -0.15) is 0 Å². The van der Waals surface area contributed by atoms with Crippen molar-refractivity contribution in [1.29, 1.82) is 0 Å². The lowest BCUT2D eigenvalue weighted by Gasteiger charge is -2.14. The van der Waals surface area contributed by atoms with Gasteiger partial charge in [-0.15, -0.1) is 0 Å². The molecule has 0 bridgehead atoms. The number of amides is 2. The number of aromatic nitrogens is 2. The summed E-state index contributed by atoms with van der Waals surface area (Å²) in [6.45, 7) is 1.05. The Bertz CT molecular complexity index is 896. The first kappa shape index (κ1) is 15.3. The number of carbonyl (C=O) groups is 2. The maximum absolute atomic E-state index is 12.4. The molecule has 4 rings (SSSR count). The van der Waals surface area contributed by atoms with Crippen LogP contribution in [0, 0.1) is 0 Å². The maximum Gasteiger partial charge on any atom is 0.261 e. The summed E-state index contributed by atoms with van der Waals surface area (Å²) in [6.07, 6.45) is 4.21. The number of imide groups is 1. The van der Waals surface area contributed by atoms with Crippen molar-refractivity contribution in [2.75, 3.05) is 6.54 Å². The molecule has 0 saturated heterocycles. The molecule has 1 aliphatic rings. The van der Waals surface area contributed by atoms with E-state index in [-0.39, 0.29) is 11.8 Å². The Labute approximate surface area is 145 Å². The van der Waals surface area contributed by atoms with E-state index in [4.69, 9.17) is 0 Å². The SMILES string of the molecule is O=C1c2ccccc2C(=O)N1CCc1nccn1Cc1ccccc1. The highest BCUT2D eigenvalue weighted by Gasteiger charge is 2.34. The van der Waals surface area contributed by atoms with Crippen LogP contribution in [0.1, 0.15) is 32.1 Å². The fraction of sp³-hybridized carbons (Fsp3) is 0.150. The molecule has 0 N–H and O–H groups in total. The molecule has 124 valence electrons. The van der Waals surface area contributed by atoms with E-state index >= 15 is 0 Å². The highest BCUT2D eigenvalue weighted by atomic mass is 16.2. The third-order valence-corrected chi connectivity index (χ3v) is 4.43. The Morgan fingerprint density at radius 2 is 1.48 bits per heavy atom. The summed E-state index contributed by atoms with van der Waals surface area (Å²) in [7, 11) is 0. The van der Waals surface area contributed by atoms with Gasteiger partial charge in [0.15, 0.2) is 0 Å². The average Bonchev–Trinajstić information content (AvgIpc) is 3.18. The number of hydrogen-bond acceptors (Lipinski definition) is 3. The molecule has 0 saturated carbocycles. The first-order valence-corrected chi connectivity index (χ1v) is 8.23. The zero-order valence-electron chi connectivity index (χ0n) is 13.6. The largest absolute Gasteiger partial charge is 0.330 e. The molecule has 5 heteroatoms. The highest BCUT2D eigenvalue weighted by Crippen LogP contribution is 2.22. The van der Waals surface area contributed by atoms with Crippen LogP contribution in [-0.4, -0.2) is 32.8 Å². The van der Waals surface area contributed by atoms with E-state index in [1.807, 2.05) is 29.0 Å². The number of carbonyl (C=O) groups excluding carboxylic acids is 2. The van der Waals surface area contributed by atoms with Crippen molar-refractivity contribution in [2.24, 2.45) is 0 Å². The van der Waals surface area contributed by atoms with Gasteiger partial charge in [0.05, 0.1) is 11.1 Å². The van der Waals surface area contributed by atoms with Crippen LogP contribution in [0.25, 0.3) is 0 Å². The molecule has 2 amide bonds. The zero-order valence-corrected chi connectivity index (χ0v) is 13.6. The standard InChI is InChI=1S/C20H17N3O2/c24-19-16-8-4-5-9-17(16)20(25)23(19)12-10-18-21-11-13-22(18)14-15-6-2-1-3-7-15/h1-9,11,13H,10,12,14H2. The van der Waals surface area contributed by atoms with Crippen molar-refractivity contribution in [3.63, 3.8) is 0 Å². The molecule has 25 heavy (non-hydrogen) atoms. The van der Waals surface area contributed by atoms with E-state index in [1.165, 1.54) is 10.5 Å². The summed E-state index contributed by atoms with van der Waals surface area (Å²) >= 11 is 0. The van der Waals surface area contributed by atoms with Crippen molar-refractivity contribution in [3.05, 3.63) is 89.5 Å². The summed E-state index contributed by atoms with van der Waals surface area (Å²) in [6, 6.07) is 17.1. The summed E-state index contributed by atoms with van der Waals surface area (Å²) in [5, 5.41) is 0. The number of fused-ring (bicyclic) bond motifs is 1. The van der Waals surface area contributed by atoms with Gasteiger partial charge in [0, 0.05) is 31.9 Å². The minimum Gasteiger partial charge on any atom is -0.330 e. The molecule has 2 heterocycles. The van der Waals surface area contributed by atoms with Gasteiger partial charge in [0.1, 0.15) is 5.82 Å². The van der Waals surface area contributed by atoms with E-state index in [9.17, 15) is 9.59 Å². The lowest BCUT2D eigenvalue weighted by atomic mass is 10.1. The number of imidazole rings is 1. The Morgan fingerprint density at radius 1 is 0.840 bits per heavy atom. The van der Waals surface area contributed by atoms with Gasteiger partial charge in [-0.1, -0.05) is 42.5 Å². The molecule has 1 aliphatic heterocycles. The molecule has 0 aliphatic carbocycles. The van der Waals surface area contributed by atoms with Gasteiger partial charge in [-0.3, -0.25) is 14.5 Å². The van der Waals surface area contributed by atoms with Crippen molar-refractivity contribution < 1.29 is 9.59 Å². The van der Waals surface area contributed by atoms with E-state index in [1.54, 1.807) is 30.5 Å². The zero-order chi connectivity index (χ0) is 17.2. The van der Waals surface area contributed by atoms with Crippen LogP contribution in [-0.2, 0) is 13.0 Å². The van der Waals surface area contributed by atoms with Crippen molar-refractivity contribution in [1.82, 2.24) is 14.5 Å². The third-order valence-electron chi connectivity index (χ3n) is 4.43. The summed E-state index contributed by atoms with van der Waals surface area (Å²) < 4.78 is 2.05. The van der Waals surface area contributed by atoms with Gasteiger partial charge in [-0.05, 0) is 17.7 Å². The lowest BCUT2D eigenvalue weighted by Crippen LogP contribution is -2.32. The average molecular weight is 331 g/mol. The van der Waals surface area contributed by atoms with Gasteiger partial charge in [0.25, 0.3) is 11.8 Å². The van der Waals surface area contributed by atoms with Gasteiger partial charge < -0.3 is 4.57 Å². The van der Waals surface area contributed by atoms with Crippen LogP contribution in [0.15, 0.2) is 67.0 Å². The number of rotatable bonds is 5. The van der Waals surface area contributed by atoms with Gasteiger partial charge in [-0.25, -0.2) is 4.98 Å². The molecule has 0 fully saturated rings. The van der Waals surface area contributed by atoms with Crippen LogP contribution < -0.4 is 0 Å². The molecule has 0 spiro atoms. The molecule has 0 unspecified atom stereocenters. The molecular formula is C20H17N3O2. The molecule has 1 aromatic heterocycles. The van der Waals surface area contributed by atoms with Gasteiger partial charge >= 0.3 is 0 Å². The first-order chi connectivity index (χ1) is 12.2. The minimum absolute atomic E-state index is 0.221.